The van der Waals surface area contributed by atoms with Crippen LogP contribution in [0.4, 0.5) is 0 Å². The van der Waals surface area contributed by atoms with Crippen LogP contribution in [0.25, 0.3) is 0 Å². The quantitative estimate of drug-likeness (QED) is 0.871. The van der Waals surface area contributed by atoms with Crippen molar-refractivity contribution in [3.05, 3.63) is 29.6 Å². The van der Waals surface area contributed by atoms with Crippen LogP contribution in [0.2, 0.25) is 0 Å². The number of aromatic nitrogens is 1. The molecule has 0 aromatic carbocycles. The minimum absolute atomic E-state index is 0.0638. The van der Waals surface area contributed by atoms with E-state index in [-0.39, 0.29) is 11.6 Å². The molecule has 18 heavy (non-hydrogen) atoms. The highest BCUT2D eigenvalue weighted by Gasteiger charge is 2.42. The molecular weight excluding hydrogens is 224 g/mol. The van der Waals surface area contributed by atoms with Gasteiger partial charge >= 0.3 is 0 Å². The summed E-state index contributed by atoms with van der Waals surface area (Å²) in [5, 5.41) is 0. The SMILES string of the molecule is CC1(C(N)C2CCc3cccnc32)CCCCO1. The molecule has 1 fully saturated rings. The Morgan fingerprint density at radius 1 is 1.50 bits per heavy atom. The van der Waals surface area contributed by atoms with E-state index in [1.54, 1.807) is 0 Å². The molecule has 3 unspecified atom stereocenters. The molecule has 3 atom stereocenters. The third kappa shape index (κ3) is 1.95. The molecule has 3 heteroatoms. The minimum Gasteiger partial charge on any atom is -0.374 e. The second-order valence-electron chi connectivity index (χ2n) is 5.84. The molecule has 3 nitrogen and oxygen atoms in total. The van der Waals surface area contributed by atoms with Gasteiger partial charge in [-0.05, 0) is 50.7 Å². The highest BCUT2D eigenvalue weighted by molar-refractivity contribution is 5.30. The third-order valence-electron chi connectivity index (χ3n) is 4.64. The Labute approximate surface area is 109 Å². The number of nitrogens with two attached hydrogens (primary N) is 1. The summed E-state index contributed by atoms with van der Waals surface area (Å²) < 4.78 is 6.00. The van der Waals surface area contributed by atoms with Gasteiger partial charge in [0.25, 0.3) is 0 Å². The van der Waals surface area contributed by atoms with Crippen molar-refractivity contribution in [3.63, 3.8) is 0 Å². The Hall–Kier alpha value is -0.930. The van der Waals surface area contributed by atoms with E-state index < -0.39 is 0 Å². The molecule has 3 rings (SSSR count). The van der Waals surface area contributed by atoms with E-state index in [0.717, 1.165) is 25.9 Å². The summed E-state index contributed by atoms with van der Waals surface area (Å²) in [4.78, 5) is 4.55. The smallest absolute Gasteiger partial charge is 0.0811 e. The maximum atomic E-state index is 6.54. The van der Waals surface area contributed by atoms with E-state index in [4.69, 9.17) is 10.5 Å². The van der Waals surface area contributed by atoms with E-state index in [2.05, 4.69) is 18.0 Å². The van der Waals surface area contributed by atoms with Gasteiger partial charge in [-0.1, -0.05) is 6.07 Å². The maximum Gasteiger partial charge on any atom is 0.0811 e. The fourth-order valence-electron chi connectivity index (χ4n) is 3.44. The summed E-state index contributed by atoms with van der Waals surface area (Å²) >= 11 is 0. The van der Waals surface area contributed by atoms with Crippen LogP contribution in [-0.4, -0.2) is 23.2 Å². The fourth-order valence-corrected chi connectivity index (χ4v) is 3.44. The van der Waals surface area contributed by atoms with Gasteiger partial charge < -0.3 is 10.5 Å². The number of aryl methyl sites for hydroxylation is 1. The Morgan fingerprint density at radius 2 is 2.39 bits per heavy atom. The third-order valence-corrected chi connectivity index (χ3v) is 4.64. The predicted octanol–water partition coefficient (Wildman–Crippen LogP) is 2.40. The summed E-state index contributed by atoms with van der Waals surface area (Å²) in [6.07, 6.45) is 7.58. The summed E-state index contributed by atoms with van der Waals surface area (Å²) in [7, 11) is 0. The number of hydrogen-bond acceptors (Lipinski definition) is 3. The molecule has 0 bridgehead atoms. The Balaban J connectivity index is 1.83. The van der Waals surface area contributed by atoms with Crippen molar-refractivity contribution in [2.45, 2.75) is 56.6 Å². The van der Waals surface area contributed by atoms with Gasteiger partial charge in [0.15, 0.2) is 0 Å². The van der Waals surface area contributed by atoms with Crippen molar-refractivity contribution in [1.82, 2.24) is 4.98 Å². The number of pyridine rings is 1. The number of rotatable bonds is 2. The average Bonchev–Trinajstić information content (AvgIpc) is 2.82. The first-order valence-corrected chi connectivity index (χ1v) is 7.04. The van der Waals surface area contributed by atoms with Crippen LogP contribution in [0.1, 0.15) is 49.8 Å². The zero-order valence-electron chi connectivity index (χ0n) is 11.1. The average molecular weight is 246 g/mol. The van der Waals surface area contributed by atoms with Crippen LogP contribution >= 0.6 is 0 Å². The van der Waals surface area contributed by atoms with Crippen LogP contribution in [0.15, 0.2) is 18.3 Å². The van der Waals surface area contributed by atoms with Gasteiger partial charge in [0.05, 0.1) is 5.60 Å². The van der Waals surface area contributed by atoms with E-state index in [9.17, 15) is 0 Å². The largest absolute Gasteiger partial charge is 0.374 e. The molecule has 0 radical (unpaired) electrons. The molecule has 2 aliphatic rings. The lowest BCUT2D eigenvalue weighted by Crippen LogP contribution is -2.52. The summed E-state index contributed by atoms with van der Waals surface area (Å²) in [5.41, 5.74) is 8.95. The molecule has 1 aliphatic carbocycles. The Bertz CT molecular complexity index is 426. The molecule has 0 spiro atoms. The molecule has 0 amide bonds. The maximum absolute atomic E-state index is 6.54. The van der Waals surface area contributed by atoms with Gasteiger partial charge in [0, 0.05) is 30.5 Å². The van der Waals surface area contributed by atoms with Crippen molar-refractivity contribution >= 4 is 0 Å². The highest BCUT2D eigenvalue weighted by Crippen LogP contribution is 2.40. The zero-order chi connectivity index (χ0) is 12.6. The molecule has 1 aromatic heterocycles. The van der Waals surface area contributed by atoms with Gasteiger partial charge in [0.1, 0.15) is 0 Å². The second-order valence-corrected chi connectivity index (χ2v) is 5.84. The van der Waals surface area contributed by atoms with E-state index in [0.29, 0.717) is 5.92 Å². The first kappa shape index (κ1) is 12.1. The number of hydrogen-bond donors (Lipinski definition) is 1. The van der Waals surface area contributed by atoms with Crippen LogP contribution in [0, 0.1) is 0 Å². The molecule has 1 aliphatic heterocycles. The number of ether oxygens (including phenoxy) is 1. The first-order chi connectivity index (χ1) is 8.71. The Kier molecular flexibility index (Phi) is 3.12. The van der Waals surface area contributed by atoms with Gasteiger partial charge in [0.2, 0.25) is 0 Å². The predicted molar refractivity (Wildman–Crippen MR) is 71.5 cm³/mol. The molecule has 2 heterocycles. The topological polar surface area (TPSA) is 48.1 Å². The molecule has 0 saturated carbocycles. The molecular formula is C15H22N2O. The van der Waals surface area contributed by atoms with Crippen LogP contribution < -0.4 is 5.73 Å². The second kappa shape index (κ2) is 4.63. The minimum atomic E-state index is -0.165. The molecule has 2 N–H and O–H groups in total. The summed E-state index contributed by atoms with van der Waals surface area (Å²) in [6.45, 7) is 3.03. The highest BCUT2D eigenvalue weighted by atomic mass is 16.5. The lowest BCUT2D eigenvalue weighted by atomic mass is 9.80. The summed E-state index contributed by atoms with van der Waals surface area (Å²) in [5.74, 6) is 0.365. The van der Waals surface area contributed by atoms with Crippen molar-refractivity contribution in [3.8, 4) is 0 Å². The van der Waals surface area contributed by atoms with Crippen LogP contribution in [0.3, 0.4) is 0 Å². The first-order valence-electron chi connectivity index (χ1n) is 7.04. The van der Waals surface area contributed by atoms with Gasteiger partial charge in [-0.25, -0.2) is 0 Å². The Morgan fingerprint density at radius 3 is 3.17 bits per heavy atom. The monoisotopic (exact) mass is 246 g/mol. The number of nitrogens with zero attached hydrogens (tertiary/aromatic N) is 1. The van der Waals surface area contributed by atoms with Gasteiger partial charge in [-0.3, -0.25) is 4.98 Å². The van der Waals surface area contributed by atoms with Crippen molar-refractivity contribution in [1.29, 1.82) is 0 Å². The fraction of sp³-hybridized carbons (Fsp3) is 0.667. The molecule has 98 valence electrons. The number of fused-ring (bicyclic) bond motifs is 1. The lowest BCUT2D eigenvalue weighted by Gasteiger charge is -2.41. The van der Waals surface area contributed by atoms with E-state index in [1.807, 2.05) is 12.3 Å². The van der Waals surface area contributed by atoms with E-state index >= 15 is 0 Å². The molecule has 1 aromatic rings. The van der Waals surface area contributed by atoms with Gasteiger partial charge in [-0.15, -0.1) is 0 Å². The normalized spacial score (nSPS) is 33.1. The van der Waals surface area contributed by atoms with Crippen molar-refractivity contribution in [2.75, 3.05) is 6.61 Å². The van der Waals surface area contributed by atoms with E-state index in [1.165, 1.54) is 24.1 Å². The van der Waals surface area contributed by atoms with Crippen LogP contribution in [-0.2, 0) is 11.2 Å². The van der Waals surface area contributed by atoms with Crippen molar-refractivity contribution in [2.24, 2.45) is 5.73 Å². The molecule has 1 saturated heterocycles. The van der Waals surface area contributed by atoms with Crippen molar-refractivity contribution < 1.29 is 4.74 Å². The lowest BCUT2D eigenvalue weighted by molar-refractivity contribution is -0.0859. The zero-order valence-corrected chi connectivity index (χ0v) is 11.1. The van der Waals surface area contributed by atoms with Gasteiger partial charge in [-0.2, -0.15) is 0 Å². The standard InChI is InChI=1S/C15H22N2O/c1-15(8-2-3-10-18-15)14(16)12-7-6-11-5-4-9-17-13(11)12/h4-5,9,12,14H,2-3,6-8,10,16H2,1H3. The summed E-state index contributed by atoms with van der Waals surface area (Å²) in [6, 6.07) is 4.26. The van der Waals surface area contributed by atoms with Crippen LogP contribution in [0.5, 0.6) is 0 Å².